The van der Waals surface area contributed by atoms with Crippen molar-refractivity contribution < 1.29 is 4.42 Å². The van der Waals surface area contributed by atoms with Crippen molar-refractivity contribution in [3.05, 3.63) is 46.6 Å². The van der Waals surface area contributed by atoms with Gasteiger partial charge < -0.3 is 10.2 Å². The quantitative estimate of drug-likeness (QED) is 0.456. The second-order valence-corrected chi connectivity index (χ2v) is 3.55. The van der Waals surface area contributed by atoms with Crippen LogP contribution in [0.2, 0.25) is 0 Å². The highest BCUT2D eigenvalue weighted by molar-refractivity contribution is 5.76. The lowest BCUT2D eigenvalue weighted by molar-refractivity contribution is 0.612. The highest BCUT2D eigenvalue weighted by Gasteiger charge is 2.12. The summed E-state index contributed by atoms with van der Waals surface area (Å²) in [7, 11) is 0. The molecule has 4 nitrogen and oxygen atoms in total. The van der Waals surface area contributed by atoms with Crippen molar-refractivity contribution in [3.8, 4) is 11.5 Å². The molecule has 0 unspecified atom stereocenters. The van der Waals surface area contributed by atoms with Gasteiger partial charge in [0.05, 0.1) is 0 Å². The van der Waals surface area contributed by atoms with Gasteiger partial charge in [-0.05, 0) is 12.1 Å². The molecule has 1 aromatic carbocycles. The zero-order valence-electron chi connectivity index (χ0n) is 8.31. The molecule has 2 N–H and O–H groups in total. The van der Waals surface area contributed by atoms with Gasteiger partial charge in [-0.2, -0.15) is 0 Å². The molecule has 78 valence electrons. The second kappa shape index (κ2) is 3.06. The van der Waals surface area contributed by atoms with Crippen molar-refractivity contribution in [2.45, 2.75) is 0 Å². The summed E-state index contributed by atoms with van der Waals surface area (Å²) in [6, 6.07) is 10.3. The zero-order valence-corrected chi connectivity index (χ0v) is 8.31. The lowest BCUT2D eigenvalue weighted by Crippen LogP contribution is -2.08. The van der Waals surface area contributed by atoms with Crippen LogP contribution in [0.4, 0.5) is 5.69 Å². The fraction of sp³-hybridized carbons (Fsp3) is 0. The van der Waals surface area contributed by atoms with Gasteiger partial charge in [0.2, 0.25) is 5.43 Å². The maximum atomic E-state index is 11.6. The SMILES string of the molecule is Nc1cc2oc3ccccc3nc-2c(=O)c1. The van der Waals surface area contributed by atoms with Crippen LogP contribution >= 0.6 is 0 Å². The van der Waals surface area contributed by atoms with E-state index in [9.17, 15) is 4.79 Å². The van der Waals surface area contributed by atoms with Crippen LogP contribution in [-0.4, -0.2) is 4.98 Å². The summed E-state index contributed by atoms with van der Waals surface area (Å²) < 4.78 is 5.57. The summed E-state index contributed by atoms with van der Waals surface area (Å²) in [5.74, 6) is 0.420. The molecule has 1 aliphatic heterocycles. The molecule has 0 saturated heterocycles. The van der Waals surface area contributed by atoms with E-state index in [0.29, 0.717) is 28.2 Å². The number of rotatable bonds is 0. The first-order chi connectivity index (χ1) is 7.74. The van der Waals surface area contributed by atoms with E-state index in [4.69, 9.17) is 10.2 Å². The molecule has 16 heavy (non-hydrogen) atoms. The Hall–Kier alpha value is -2.36. The number of anilines is 1. The first kappa shape index (κ1) is 8.91. The minimum absolute atomic E-state index is 0.218. The second-order valence-electron chi connectivity index (χ2n) is 3.55. The Bertz CT molecular complexity index is 703. The fourth-order valence-corrected chi connectivity index (χ4v) is 1.67. The molecule has 1 aliphatic carbocycles. The van der Waals surface area contributed by atoms with Crippen LogP contribution in [0.1, 0.15) is 0 Å². The first-order valence-electron chi connectivity index (χ1n) is 4.83. The van der Waals surface area contributed by atoms with Crippen LogP contribution in [-0.2, 0) is 0 Å². The molecule has 0 spiro atoms. The number of nitrogens with zero attached hydrogens (tertiary/aromatic N) is 1. The number of hydrogen-bond donors (Lipinski definition) is 1. The molecule has 0 saturated carbocycles. The molecule has 0 fully saturated rings. The fourth-order valence-electron chi connectivity index (χ4n) is 1.67. The molecule has 3 rings (SSSR count). The van der Waals surface area contributed by atoms with Crippen LogP contribution in [0.5, 0.6) is 0 Å². The molecule has 0 amide bonds. The highest BCUT2D eigenvalue weighted by atomic mass is 16.3. The van der Waals surface area contributed by atoms with Gasteiger partial charge in [0.25, 0.3) is 0 Å². The molecule has 0 atom stereocenters. The van der Waals surface area contributed by atoms with Gasteiger partial charge in [0, 0.05) is 17.8 Å². The van der Waals surface area contributed by atoms with E-state index in [2.05, 4.69) is 4.98 Å². The minimum atomic E-state index is -0.218. The Kier molecular flexibility index (Phi) is 1.71. The third kappa shape index (κ3) is 1.24. The smallest absolute Gasteiger partial charge is 0.210 e. The van der Waals surface area contributed by atoms with Gasteiger partial charge in [-0.1, -0.05) is 12.1 Å². The number of nitrogen functional groups attached to an aromatic ring is 1. The number of benzene rings is 2. The molecule has 0 radical (unpaired) electrons. The molecule has 0 aromatic heterocycles. The number of aromatic nitrogens is 1. The van der Waals surface area contributed by atoms with Crippen molar-refractivity contribution in [3.63, 3.8) is 0 Å². The Balaban J connectivity index is 2.52. The molecule has 1 heterocycles. The van der Waals surface area contributed by atoms with Crippen LogP contribution in [0, 0.1) is 0 Å². The van der Waals surface area contributed by atoms with Gasteiger partial charge in [-0.15, -0.1) is 0 Å². The predicted molar refractivity (Wildman–Crippen MR) is 61.3 cm³/mol. The average molecular weight is 212 g/mol. The van der Waals surface area contributed by atoms with Crippen LogP contribution in [0.15, 0.2) is 45.6 Å². The van der Waals surface area contributed by atoms with E-state index in [-0.39, 0.29) is 5.43 Å². The monoisotopic (exact) mass is 212 g/mol. The van der Waals surface area contributed by atoms with E-state index >= 15 is 0 Å². The third-order valence-electron chi connectivity index (χ3n) is 2.38. The normalized spacial score (nSPS) is 11.0. The molecule has 4 heteroatoms. The number of para-hydroxylation sites is 2. The summed E-state index contributed by atoms with van der Waals surface area (Å²) in [6.45, 7) is 0. The Morgan fingerprint density at radius 2 is 2.00 bits per heavy atom. The molecular formula is C12H8N2O2. The number of hydrogen-bond acceptors (Lipinski definition) is 4. The van der Waals surface area contributed by atoms with E-state index in [1.165, 1.54) is 6.07 Å². The van der Waals surface area contributed by atoms with Gasteiger partial charge >= 0.3 is 0 Å². The van der Waals surface area contributed by atoms with Crippen molar-refractivity contribution in [2.75, 3.05) is 5.73 Å². The average Bonchev–Trinajstić information content (AvgIpc) is 2.27. The van der Waals surface area contributed by atoms with E-state index in [0.717, 1.165) is 0 Å². The molecular weight excluding hydrogens is 204 g/mol. The summed E-state index contributed by atoms with van der Waals surface area (Å²) in [6.07, 6.45) is 0. The van der Waals surface area contributed by atoms with Gasteiger partial charge in [0.15, 0.2) is 17.0 Å². The lowest BCUT2D eigenvalue weighted by Gasteiger charge is -2.05. The van der Waals surface area contributed by atoms with Crippen LogP contribution in [0.3, 0.4) is 0 Å². The molecule has 1 aromatic rings. The molecule has 0 bridgehead atoms. The van der Waals surface area contributed by atoms with E-state index in [1.54, 1.807) is 18.2 Å². The summed E-state index contributed by atoms with van der Waals surface area (Å²) in [4.78, 5) is 15.9. The topological polar surface area (TPSA) is 69.1 Å². The maximum Gasteiger partial charge on any atom is 0.210 e. The van der Waals surface area contributed by atoms with E-state index in [1.807, 2.05) is 12.1 Å². The number of fused-ring (bicyclic) bond motifs is 2. The standard InChI is InChI=1S/C12H8N2O2/c13-7-5-9(15)12-11(6-7)16-10-4-2-1-3-8(10)14-12/h1-6H,13H2. The summed E-state index contributed by atoms with van der Waals surface area (Å²) in [5.41, 5.74) is 7.37. The van der Waals surface area contributed by atoms with Crippen LogP contribution in [0.25, 0.3) is 22.6 Å². The Morgan fingerprint density at radius 3 is 2.88 bits per heavy atom. The Morgan fingerprint density at radius 1 is 1.19 bits per heavy atom. The van der Waals surface area contributed by atoms with Crippen molar-refractivity contribution in [1.82, 2.24) is 4.98 Å². The Labute approximate surface area is 90.7 Å². The number of nitrogens with two attached hydrogens (primary N) is 1. The van der Waals surface area contributed by atoms with Crippen molar-refractivity contribution in [2.24, 2.45) is 0 Å². The maximum absolute atomic E-state index is 11.6. The van der Waals surface area contributed by atoms with Gasteiger partial charge in [-0.3, -0.25) is 4.79 Å². The predicted octanol–water partition coefficient (Wildman–Crippen LogP) is 1.88. The zero-order chi connectivity index (χ0) is 11.1. The summed E-state index contributed by atoms with van der Waals surface area (Å²) >= 11 is 0. The summed E-state index contributed by atoms with van der Waals surface area (Å²) in [5, 5.41) is 0. The third-order valence-corrected chi connectivity index (χ3v) is 2.38. The first-order valence-corrected chi connectivity index (χ1v) is 4.83. The molecule has 2 aliphatic rings. The largest absolute Gasteiger partial charge is 0.453 e. The van der Waals surface area contributed by atoms with Crippen LogP contribution < -0.4 is 11.2 Å². The van der Waals surface area contributed by atoms with Crippen molar-refractivity contribution >= 4 is 16.8 Å². The van der Waals surface area contributed by atoms with Crippen molar-refractivity contribution in [1.29, 1.82) is 0 Å². The van der Waals surface area contributed by atoms with E-state index < -0.39 is 0 Å². The minimum Gasteiger partial charge on any atom is -0.453 e. The van der Waals surface area contributed by atoms with Gasteiger partial charge in [0.1, 0.15) is 5.52 Å². The highest BCUT2D eigenvalue weighted by Crippen LogP contribution is 2.23. The lowest BCUT2D eigenvalue weighted by atomic mass is 10.2. The van der Waals surface area contributed by atoms with Gasteiger partial charge in [-0.25, -0.2) is 4.98 Å².